The third-order valence-electron chi connectivity index (χ3n) is 0.773. The second-order valence-electron chi connectivity index (χ2n) is 1.65. The third kappa shape index (κ3) is 6.92. The average Bonchev–Trinajstić information content (AvgIpc) is 1.97. The fourth-order valence-corrected chi connectivity index (χ4v) is 0.455. The van der Waals surface area contributed by atoms with Gasteiger partial charge in [0, 0.05) is 0 Å². The van der Waals surface area contributed by atoms with Gasteiger partial charge in [0.2, 0.25) is 0 Å². The number of urea groups is 1. The predicted molar refractivity (Wildman–Crippen MR) is 39.3 cm³/mol. The summed E-state index contributed by atoms with van der Waals surface area (Å²) in [5.74, 6) is -0.700. The number of carbonyl (C=O) groups excluding carboxylic acids is 2. The first kappa shape index (κ1) is 10.0. The first-order chi connectivity index (χ1) is 5.16. The van der Waals surface area contributed by atoms with E-state index in [1.54, 1.807) is 0 Å². The number of carbonyl (C=O) groups is 2. The van der Waals surface area contributed by atoms with Gasteiger partial charge >= 0.3 is 12.0 Å². The summed E-state index contributed by atoms with van der Waals surface area (Å²) < 4.78 is 4.50. The van der Waals surface area contributed by atoms with Crippen molar-refractivity contribution in [2.75, 3.05) is 19.0 Å². The topological polar surface area (TPSA) is 81.4 Å². The van der Waals surface area contributed by atoms with Crippen LogP contribution in [0.25, 0.3) is 0 Å². The summed E-state index contributed by atoms with van der Waals surface area (Å²) in [5.41, 5.74) is 4.73. The molecule has 0 aromatic heterocycles. The molecule has 0 saturated carbocycles. The van der Waals surface area contributed by atoms with Crippen LogP contribution in [0.15, 0.2) is 0 Å². The van der Waals surface area contributed by atoms with E-state index in [4.69, 9.17) is 17.3 Å². The monoisotopic (exact) mass is 180 g/mol. The van der Waals surface area contributed by atoms with Crippen LogP contribution in [0.4, 0.5) is 4.79 Å². The standard InChI is InChI=1S/C5H9ClN2O3/c6-3-4(9)11-2-1-8-5(7)10/h1-3H2,(H3,7,8,10). The Morgan fingerprint density at radius 3 is 2.64 bits per heavy atom. The Balaban J connectivity index is 3.14. The smallest absolute Gasteiger partial charge is 0.320 e. The molecule has 0 aromatic carbocycles. The van der Waals surface area contributed by atoms with Gasteiger partial charge in [0.15, 0.2) is 0 Å². The van der Waals surface area contributed by atoms with Gasteiger partial charge in [0.25, 0.3) is 0 Å². The summed E-state index contributed by atoms with van der Waals surface area (Å²) >= 11 is 5.11. The third-order valence-corrected chi connectivity index (χ3v) is 0.992. The van der Waals surface area contributed by atoms with Crippen LogP contribution < -0.4 is 11.1 Å². The van der Waals surface area contributed by atoms with Crippen molar-refractivity contribution in [3.8, 4) is 0 Å². The van der Waals surface area contributed by atoms with Crippen LogP contribution in [0.3, 0.4) is 0 Å². The number of esters is 1. The second-order valence-corrected chi connectivity index (χ2v) is 1.91. The van der Waals surface area contributed by atoms with Crippen molar-refractivity contribution in [1.82, 2.24) is 5.32 Å². The summed E-state index contributed by atoms with van der Waals surface area (Å²) in [6.45, 7) is 0.298. The van der Waals surface area contributed by atoms with Crippen molar-refractivity contribution < 1.29 is 14.3 Å². The molecule has 0 aromatic rings. The maximum absolute atomic E-state index is 10.4. The number of alkyl halides is 1. The van der Waals surface area contributed by atoms with Gasteiger partial charge in [-0.15, -0.1) is 11.6 Å². The Bertz CT molecular complexity index is 151. The Labute approximate surface area is 68.8 Å². The molecule has 6 heteroatoms. The quantitative estimate of drug-likeness (QED) is 0.346. The molecular weight excluding hydrogens is 172 g/mol. The van der Waals surface area contributed by atoms with Crippen LogP contribution in [-0.2, 0) is 9.53 Å². The van der Waals surface area contributed by atoms with Crippen molar-refractivity contribution in [2.24, 2.45) is 5.73 Å². The number of hydrogen-bond acceptors (Lipinski definition) is 3. The molecule has 0 spiro atoms. The van der Waals surface area contributed by atoms with E-state index in [2.05, 4.69) is 10.1 Å². The molecule has 3 N–H and O–H groups in total. The number of ether oxygens (including phenoxy) is 1. The van der Waals surface area contributed by atoms with Gasteiger partial charge < -0.3 is 15.8 Å². The highest BCUT2D eigenvalue weighted by atomic mass is 35.5. The lowest BCUT2D eigenvalue weighted by atomic mass is 10.6. The largest absolute Gasteiger partial charge is 0.463 e. The first-order valence-electron chi connectivity index (χ1n) is 2.91. The summed E-state index contributed by atoms with van der Waals surface area (Å²) in [7, 11) is 0. The van der Waals surface area contributed by atoms with E-state index in [9.17, 15) is 9.59 Å². The molecule has 64 valence electrons. The highest BCUT2D eigenvalue weighted by molar-refractivity contribution is 6.26. The molecule has 0 heterocycles. The minimum absolute atomic E-state index is 0.0918. The van der Waals surface area contributed by atoms with Crippen molar-refractivity contribution in [2.45, 2.75) is 0 Å². The lowest BCUT2D eigenvalue weighted by molar-refractivity contribution is -0.140. The average molecular weight is 181 g/mol. The number of nitrogens with one attached hydrogen (secondary N) is 1. The normalized spacial score (nSPS) is 8.82. The minimum Gasteiger partial charge on any atom is -0.463 e. The second kappa shape index (κ2) is 5.79. The van der Waals surface area contributed by atoms with Gasteiger partial charge in [0.05, 0.1) is 6.54 Å². The van der Waals surface area contributed by atoms with Crippen molar-refractivity contribution in [3.05, 3.63) is 0 Å². The van der Waals surface area contributed by atoms with E-state index in [-0.39, 0.29) is 19.0 Å². The highest BCUT2D eigenvalue weighted by Gasteiger charge is 1.98. The molecule has 0 fully saturated rings. The Morgan fingerprint density at radius 2 is 2.18 bits per heavy atom. The maximum Gasteiger partial charge on any atom is 0.320 e. The minimum atomic E-state index is -0.646. The molecule has 0 aliphatic heterocycles. The lowest BCUT2D eigenvalue weighted by Gasteiger charge is -2.01. The van der Waals surface area contributed by atoms with E-state index in [1.165, 1.54) is 0 Å². The van der Waals surface area contributed by atoms with Crippen LogP contribution in [0.1, 0.15) is 0 Å². The van der Waals surface area contributed by atoms with Crippen LogP contribution in [0.2, 0.25) is 0 Å². The molecule has 0 unspecified atom stereocenters. The summed E-state index contributed by atoms with van der Waals surface area (Å²) in [6, 6.07) is -0.646. The van der Waals surface area contributed by atoms with Crippen LogP contribution in [0, 0.1) is 0 Å². The van der Waals surface area contributed by atoms with Crippen LogP contribution >= 0.6 is 11.6 Å². The summed E-state index contributed by atoms with van der Waals surface area (Å²) in [6.07, 6.45) is 0. The molecule has 5 nitrogen and oxygen atoms in total. The fourth-order valence-electron chi connectivity index (χ4n) is 0.378. The summed E-state index contributed by atoms with van der Waals surface area (Å²) in [4.78, 5) is 20.4. The van der Waals surface area contributed by atoms with Crippen molar-refractivity contribution in [3.63, 3.8) is 0 Å². The molecule has 11 heavy (non-hydrogen) atoms. The van der Waals surface area contributed by atoms with Gasteiger partial charge in [-0.25, -0.2) is 4.79 Å². The SMILES string of the molecule is NC(=O)NCCOC(=O)CCl. The lowest BCUT2D eigenvalue weighted by Crippen LogP contribution is -2.32. The number of nitrogens with two attached hydrogens (primary N) is 1. The molecule has 0 atom stereocenters. The molecule has 0 saturated heterocycles. The van der Waals surface area contributed by atoms with Gasteiger partial charge in [-0.2, -0.15) is 0 Å². The number of amides is 2. The summed E-state index contributed by atoms with van der Waals surface area (Å²) in [5, 5.41) is 2.24. The predicted octanol–water partition coefficient (Wildman–Crippen LogP) is -0.563. The number of hydrogen-bond donors (Lipinski definition) is 2. The van der Waals surface area contributed by atoms with E-state index in [1.807, 2.05) is 0 Å². The van der Waals surface area contributed by atoms with E-state index < -0.39 is 12.0 Å². The van der Waals surface area contributed by atoms with E-state index in [0.717, 1.165) is 0 Å². The molecule has 0 aliphatic rings. The molecule has 0 bridgehead atoms. The molecule has 0 aliphatic carbocycles. The van der Waals surface area contributed by atoms with Gasteiger partial charge in [0.1, 0.15) is 12.5 Å². The molecule has 0 rings (SSSR count). The van der Waals surface area contributed by atoms with Crippen molar-refractivity contribution in [1.29, 1.82) is 0 Å². The van der Waals surface area contributed by atoms with Gasteiger partial charge in [-0.1, -0.05) is 0 Å². The highest BCUT2D eigenvalue weighted by Crippen LogP contribution is 1.80. The number of rotatable bonds is 4. The van der Waals surface area contributed by atoms with Gasteiger partial charge in [-0.3, -0.25) is 4.79 Å². The fraction of sp³-hybridized carbons (Fsp3) is 0.600. The first-order valence-corrected chi connectivity index (χ1v) is 3.45. The Morgan fingerprint density at radius 1 is 1.55 bits per heavy atom. The van der Waals surface area contributed by atoms with Crippen LogP contribution in [-0.4, -0.2) is 31.0 Å². The van der Waals surface area contributed by atoms with Gasteiger partial charge in [-0.05, 0) is 0 Å². The molecule has 2 amide bonds. The number of primary amides is 1. The van der Waals surface area contributed by atoms with E-state index in [0.29, 0.717) is 0 Å². The molecule has 0 radical (unpaired) electrons. The Hall–Kier alpha value is -0.970. The maximum atomic E-state index is 10.4. The zero-order chi connectivity index (χ0) is 8.69. The Kier molecular flexibility index (Phi) is 5.28. The zero-order valence-corrected chi connectivity index (χ0v) is 6.56. The van der Waals surface area contributed by atoms with E-state index >= 15 is 0 Å². The van der Waals surface area contributed by atoms with Crippen molar-refractivity contribution >= 4 is 23.6 Å². The number of halogens is 1. The zero-order valence-electron chi connectivity index (χ0n) is 5.80. The molecular formula is C5H9ClN2O3. The van der Waals surface area contributed by atoms with Crippen LogP contribution in [0.5, 0.6) is 0 Å².